The van der Waals surface area contributed by atoms with E-state index in [-0.39, 0.29) is 11.2 Å². The molecule has 0 bridgehead atoms. The summed E-state index contributed by atoms with van der Waals surface area (Å²) in [6, 6.07) is 9.30. The molecule has 1 aromatic carbocycles. The Balaban J connectivity index is 1.74. The number of nitrogens with one attached hydrogen (secondary N) is 1. The Labute approximate surface area is 142 Å². The van der Waals surface area contributed by atoms with E-state index in [0.29, 0.717) is 11.4 Å². The zero-order valence-electron chi connectivity index (χ0n) is 12.6. The Hall–Kier alpha value is -2.12. The highest BCUT2D eigenvalue weighted by Gasteiger charge is 2.18. The van der Waals surface area contributed by atoms with Gasteiger partial charge in [0, 0.05) is 0 Å². The Kier molecular flexibility index (Phi) is 4.78. The molecule has 2 aromatic heterocycles. The number of methoxy groups -OCH3 is 1. The number of fused-ring (bicyclic) bond motifs is 1. The number of thiophene rings is 1. The van der Waals surface area contributed by atoms with Crippen LogP contribution >= 0.6 is 23.1 Å². The van der Waals surface area contributed by atoms with Gasteiger partial charge in [0.2, 0.25) is 5.91 Å². The summed E-state index contributed by atoms with van der Waals surface area (Å²) in [6.07, 6.45) is 1.53. The van der Waals surface area contributed by atoms with Crippen LogP contribution in [0, 0.1) is 0 Å². The molecule has 23 heavy (non-hydrogen) atoms. The molecule has 1 atom stereocenters. The van der Waals surface area contributed by atoms with Crippen molar-refractivity contribution in [3.05, 3.63) is 42.0 Å². The molecule has 1 N–H and O–H groups in total. The minimum Gasteiger partial charge on any atom is -0.495 e. The molecule has 0 fully saturated rings. The summed E-state index contributed by atoms with van der Waals surface area (Å²) in [4.78, 5) is 20.9. The molecular formula is C16H15N3O2S2. The predicted octanol–water partition coefficient (Wildman–Crippen LogP) is 3.82. The minimum atomic E-state index is -0.292. The lowest BCUT2D eigenvalue weighted by atomic mass is 10.3. The van der Waals surface area contributed by atoms with Crippen molar-refractivity contribution in [1.29, 1.82) is 0 Å². The van der Waals surface area contributed by atoms with E-state index in [2.05, 4.69) is 15.3 Å². The fraction of sp³-hybridized carbons (Fsp3) is 0.188. The average Bonchev–Trinajstić information content (AvgIpc) is 3.05. The maximum absolute atomic E-state index is 12.4. The van der Waals surface area contributed by atoms with Gasteiger partial charge >= 0.3 is 0 Å². The number of thioether (sulfide) groups is 1. The highest BCUT2D eigenvalue weighted by Crippen LogP contribution is 2.32. The summed E-state index contributed by atoms with van der Waals surface area (Å²) in [5, 5.41) is 5.41. The van der Waals surface area contributed by atoms with Crippen LogP contribution in [0.4, 0.5) is 5.69 Å². The van der Waals surface area contributed by atoms with Crippen molar-refractivity contribution in [3.8, 4) is 5.75 Å². The highest BCUT2D eigenvalue weighted by atomic mass is 32.2. The van der Waals surface area contributed by atoms with Crippen LogP contribution < -0.4 is 10.1 Å². The summed E-state index contributed by atoms with van der Waals surface area (Å²) in [5.41, 5.74) is 1.57. The normalized spacial score (nSPS) is 12.1. The second kappa shape index (κ2) is 6.97. The number of rotatable bonds is 5. The lowest BCUT2D eigenvalue weighted by molar-refractivity contribution is -0.115. The first-order chi connectivity index (χ1) is 11.2. The highest BCUT2D eigenvalue weighted by molar-refractivity contribution is 8.00. The van der Waals surface area contributed by atoms with Crippen molar-refractivity contribution in [2.75, 3.05) is 12.4 Å². The molecule has 3 aromatic rings. The maximum atomic E-state index is 12.4. The van der Waals surface area contributed by atoms with Gasteiger partial charge in [-0.3, -0.25) is 4.79 Å². The fourth-order valence-electron chi connectivity index (χ4n) is 2.05. The topological polar surface area (TPSA) is 64.1 Å². The third kappa shape index (κ3) is 3.46. The molecule has 3 rings (SSSR count). The van der Waals surface area contributed by atoms with Gasteiger partial charge in [-0.05, 0) is 30.5 Å². The number of anilines is 1. The number of benzene rings is 1. The largest absolute Gasteiger partial charge is 0.495 e. The Bertz CT molecular complexity index is 835. The molecule has 0 spiro atoms. The van der Waals surface area contributed by atoms with Crippen LogP contribution in [0.15, 0.2) is 47.1 Å². The molecule has 5 nitrogen and oxygen atoms in total. The third-order valence-electron chi connectivity index (χ3n) is 3.23. The molecule has 2 heterocycles. The molecule has 118 valence electrons. The van der Waals surface area contributed by atoms with Gasteiger partial charge in [0.05, 0.1) is 28.3 Å². The van der Waals surface area contributed by atoms with Crippen LogP contribution in [-0.2, 0) is 4.79 Å². The summed E-state index contributed by atoms with van der Waals surface area (Å²) >= 11 is 3.01. The van der Waals surface area contributed by atoms with Crippen LogP contribution in [0.5, 0.6) is 5.75 Å². The van der Waals surface area contributed by atoms with Crippen LogP contribution in [0.25, 0.3) is 10.2 Å². The van der Waals surface area contributed by atoms with Crippen molar-refractivity contribution in [2.45, 2.75) is 17.2 Å². The van der Waals surface area contributed by atoms with Gasteiger partial charge in [0.1, 0.15) is 17.1 Å². The number of ether oxygens (including phenoxy) is 1. The molecule has 0 saturated carbocycles. The van der Waals surface area contributed by atoms with Gasteiger partial charge in [0.25, 0.3) is 0 Å². The quantitative estimate of drug-likeness (QED) is 0.562. The number of carbonyl (C=O) groups is 1. The number of hydrogen-bond donors (Lipinski definition) is 1. The first-order valence-corrected chi connectivity index (χ1v) is 8.73. The zero-order chi connectivity index (χ0) is 16.2. The van der Waals surface area contributed by atoms with Crippen LogP contribution in [0.3, 0.4) is 0 Å². The molecule has 0 aliphatic carbocycles. The summed E-state index contributed by atoms with van der Waals surface area (Å²) in [6.45, 7) is 1.86. The van der Waals surface area contributed by atoms with E-state index in [1.54, 1.807) is 18.4 Å². The first kappa shape index (κ1) is 15.8. The first-order valence-electron chi connectivity index (χ1n) is 6.98. The fourth-order valence-corrected chi connectivity index (χ4v) is 3.89. The van der Waals surface area contributed by atoms with Crippen molar-refractivity contribution in [2.24, 2.45) is 0 Å². The van der Waals surface area contributed by atoms with Crippen molar-refractivity contribution in [3.63, 3.8) is 0 Å². The van der Waals surface area contributed by atoms with E-state index in [4.69, 9.17) is 4.74 Å². The van der Waals surface area contributed by atoms with E-state index >= 15 is 0 Å². The van der Waals surface area contributed by atoms with Crippen LogP contribution in [-0.4, -0.2) is 28.2 Å². The van der Waals surface area contributed by atoms with Crippen LogP contribution in [0.2, 0.25) is 0 Å². The van der Waals surface area contributed by atoms with Gasteiger partial charge in [0.15, 0.2) is 0 Å². The standard InChI is InChI=1S/C16H15N3O2S2/c1-10(15(20)19-11-5-3-4-6-13(11)21-2)23-16-14-12(7-8-22-14)17-9-18-16/h3-10H,1-2H3,(H,19,20)/t10-/m0/s1. The SMILES string of the molecule is COc1ccccc1NC(=O)[C@H](C)Sc1ncnc2ccsc12. The Morgan fingerprint density at radius 2 is 2.13 bits per heavy atom. The third-order valence-corrected chi connectivity index (χ3v) is 5.37. The lowest BCUT2D eigenvalue weighted by Crippen LogP contribution is -2.22. The predicted molar refractivity (Wildman–Crippen MR) is 94.4 cm³/mol. The Morgan fingerprint density at radius 1 is 1.30 bits per heavy atom. The second-order valence-electron chi connectivity index (χ2n) is 4.76. The van der Waals surface area contributed by atoms with Crippen LogP contribution in [0.1, 0.15) is 6.92 Å². The number of nitrogens with zero attached hydrogens (tertiary/aromatic N) is 2. The number of para-hydroxylation sites is 2. The molecule has 0 unspecified atom stereocenters. The number of hydrogen-bond acceptors (Lipinski definition) is 6. The molecule has 1 amide bonds. The summed E-state index contributed by atoms with van der Waals surface area (Å²) in [7, 11) is 1.58. The molecule has 0 saturated heterocycles. The molecule has 0 aliphatic heterocycles. The molecule has 0 radical (unpaired) electrons. The maximum Gasteiger partial charge on any atom is 0.237 e. The molecule has 7 heteroatoms. The lowest BCUT2D eigenvalue weighted by Gasteiger charge is -2.13. The number of carbonyl (C=O) groups excluding carboxylic acids is 1. The summed E-state index contributed by atoms with van der Waals surface area (Å²) < 4.78 is 6.26. The zero-order valence-corrected chi connectivity index (χ0v) is 14.3. The molecular weight excluding hydrogens is 330 g/mol. The van der Waals surface area contributed by atoms with Gasteiger partial charge in [-0.15, -0.1) is 11.3 Å². The van der Waals surface area contributed by atoms with Crippen molar-refractivity contribution >= 4 is 44.9 Å². The van der Waals surface area contributed by atoms with Gasteiger partial charge < -0.3 is 10.1 Å². The van der Waals surface area contributed by atoms with E-state index in [0.717, 1.165) is 15.2 Å². The molecule has 0 aliphatic rings. The van der Waals surface area contributed by atoms with Crippen molar-refractivity contribution in [1.82, 2.24) is 9.97 Å². The average molecular weight is 345 g/mol. The second-order valence-corrected chi connectivity index (χ2v) is 7.01. The van der Waals surface area contributed by atoms with E-state index in [1.807, 2.05) is 42.6 Å². The summed E-state index contributed by atoms with van der Waals surface area (Å²) in [5.74, 6) is 0.545. The Morgan fingerprint density at radius 3 is 2.96 bits per heavy atom. The van der Waals surface area contributed by atoms with E-state index in [1.165, 1.54) is 18.1 Å². The minimum absolute atomic E-state index is 0.0946. The van der Waals surface area contributed by atoms with Gasteiger partial charge in [-0.1, -0.05) is 23.9 Å². The van der Waals surface area contributed by atoms with E-state index < -0.39 is 0 Å². The van der Waals surface area contributed by atoms with Gasteiger partial charge in [-0.2, -0.15) is 0 Å². The van der Waals surface area contributed by atoms with Crippen molar-refractivity contribution < 1.29 is 9.53 Å². The smallest absolute Gasteiger partial charge is 0.237 e. The van der Waals surface area contributed by atoms with Gasteiger partial charge in [-0.25, -0.2) is 9.97 Å². The van der Waals surface area contributed by atoms with E-state index in [9.17, 15) is 4.79 Å². The number of amides is 1. The number of aromatic nitrogens is 2. The monoisotopic (exact) mass is 345 g/mol.